The van der Waals surface area contributed by atoms with Crippen molar-refractivity contribution in [2.24, 2.45) is 0 Å². The number of hydrogen-bond donors (Lipinski definition) is 1. The van der Waals surface area contributed by atoms with Crippen LogP contribution in [0.15, 0.2) is 40.9 Å². The normalized spacial score (nSPS) is 14.2. The van der Waals surface area contributed by atoms with Crippen LogP contribution in [-0.2, 0) is 6.54 Å². The van der Waals surface area contributed by atoms with E-state index in [1.165, 1.54) is 12.8 Å². The Balaban J connectivity index is 1.86. The van der Waals surface area contributed by atoms with Gasteiger partial charge in [-0.25, -0.2) is 0 Å². The maximum atomic E-state index is 6.31. The molecular weight excluding hydrogens is 373 g/mol. The number of nitrogens with one attached hydrogen (secondary N) is 1. The minimum Gasteiger partial charge on any atom is -0.455 e. The molecule has 0 spiro atoms. The maximum Gasteiger partial charge on any atom is 0.147 e. The van der Waals surface area contributed by atoms with Gasteiger partial charge in [0.25, 0.3) is 0 Å². The van der Waals surface area contributed by atoms with Crippen molar-refractivity contribution < 1.29 is 4.74 Å². The summed E-state index contributed by atoms with van der Waals surface area (Å²) in [5.74, 6) is 1.34. The third kappa shape index (κ3) is 3.92. The van der Waals surface area contributed by atoms with Gasteiger partial charge in [0.2, 0.25) is 0 Å². The summed E-state index contributed by atoms with van der Waals surface area (Å²) in [5.41, 5.74) is 0.960. The summed E-state index contributed by atoms with van der Waals surface area (Å²) in [5, 5.41) is 4.73. The lowest BCUT2D eigenvalue weighted by Crippen LogP contribution is -2.16. The van der Waals surface area contributed by atoms with Crippen molar-refractivity contribution in [2.45, 2.75) is 25.4 Å². The van der Waals surface area contributed by atoms with Crippen LogP contribution in [0, 0.1) is 0 Å². The Kier molecular flexibility index (Phi) is 4.75. The molecule has 21 heavy (non-hydrogen) atoms. The van der Waals surface area contributed by atoms with E-state index < -0.39 is 0 Å². The van der Waals surface area contributed by atoms with Crippen molar-refractivity contribution in [3.8, 4) is 11.5 Å². The van der Waals surface area contributed by atoms with Crippen LogP contribution in [0.2, 0.25) is 10.0 Å². The van der Waals surface area contributed by atoms with Crippen LogP contribution < -0.4 is 10.1 Å². The topological polar surface area (TPSA) is 21.3 Å². The van der Waals surface area contributed by atoms with E-state index in [1.54, 1.807) is 6.07 Å². The van der Waals surface area contributed by atoms with Crippen LogP contribution in [0.3, 0.4) is 0 Å². The van der Waals surface area contributed by atoms with E-state index in [2.05, 4.69) is 21.2 Å². The summed E-state index contributed by atoms with van der Waals surface area (Å²) >= 11 is 15.9. The summed E-state index contributed by atoms with van der Waals surface area (Å²) in [6.45, 7) is 0.700. The second-order valence-corrected chi connectivity index (χ2v) is 6.78. The Bertz CT molecular complexity index is 659. The summed E-state index contributed by atoms with van der Waals surface area (Å²) in [6, 6.07) is 11.8. The average Bonchev–Trinajstić information content (AvgIpc) is 3.26. The highest BCUT2D eigenvalue weighted by atomic mass is 79.9. The third-order valence-corrected chi connectivity index (χ3v) is 4.49. The zero-order chi connectivity index (χ0) is 14.8. The lowest BCUT2D eigenvalue weighted by Gasteiger charge is -2.14. The van der Waals surface area contributed by atoms with Crippen LogP contribution >= 0.6 is 39.1 Å². The Morgan fingerprint density at radius 3 is 2.67 bits per heavy atom. The molecule has 0 heterocycles. The largest absolute Gasteiger partial charge is 0.455 e. The molecule has 1 fully saturated rings. The summed E-state index contributed by atoms with van der Waals surface area (Å²) in [4.78, 5) is 0. The van der Waals surface area contributed by atoms with Crippen molar-refractivity contribution in [3.63, 3.8) is 0 Å². The molecule has 2 aromatic carbocycles. The molecule has 0 saturated heterocycles. The van der Waals surface area contributed by atoms with Gasteiger partial charge in [-0.1, -0.05) is 45.2 Å². The smallest absolute Gasteiger partial charge is 0.147 e. The van der Waals surface area contributed by atoms with E-state index in [0.717, 1.165) is 15.8 Å². The first-order valence-corrected chi connectivity index (χ1v) is 8.32. The van der Waals surface area contributed by atoms with Crippen molar-refractivity contribution in [1.29, 1.82) is 0 Å². The first-order chi connectivity index (χ1) is 10.1. The molecule has 2 aromatic rings. The standard InChI is InChI=1S/C16H14BrCl2NO/c17-10-4-7-14(19)16(8-10)21-15-3-1-2-13(18)12(15)9-20-11-5-6-11/h1-4,7-8,11,20H,5-6,9H2. The van der Waals surface area contributed by atoms with Crippen molar-refractivity contribution in [1.82, 2.24) is 5.32 Å². The molecule has 2 nitrogen and oxygen atoms in total. The highest BCUT2D eigenvalue weighted by molar-refractivity contribution is 9.10. The first-order valence-electron chi connectivity index (χ1n) is 6.77. The minimum atomic E-state index is 0.569. The van der Waals surface area contributed by atoms with Crippen molar-refractivity contribution in [3.05, 3.63) is 56.5 Å². The molecule has 0 aromatic heterocycles. The van der Waals surface area contributed by atoms with Crippen LogP contribution in [0.25, 0.3) is 0 Å². The molecule has 5 heteroatoms. The van der Waals surface area contributed by atoms with Crippen LogP contribution in [0.5, 0.6) is 11.5 Å². The lowest BCUT2D eigenvalue weighted by molar-refractivity contribution is 0.472. The fraction of sp³-hybridized carbons (Fsp3) is 0.250. The molecule has 0 bridgehead atoms. The molecule has 0 unspecified atom stereocenters. The van der Waals surface area contributed by atoms with Crippen molar-refractivity contribution in [2.75, 3.05) is 0 Å². The second kappa shape index (κ2) is 6.57. The van der Waals surface area contributed by atoms with E-state index in [1.807, 2.05) is 30.3 Å². The second-order valence-electron chi connectivity index (χ2n) is 5.05. The Morgan fingerprint density at radius 2 is 1.90 bits per heavy atom. The SMILES string of the molecule is Clc1ccc(Br)cc1Oc1cccc(Cl)c1CNC1CC1. The summed E-state index contributed by atoms with van der Waals surface area (Å²) in [6.07, 6.45) is 2.47. The summed E-state index contributed by atoms with van der Waals surface area (Å²) < 4.78 is 6.89. The minimum absolute atomic E-state index is 0.569. The highest BCUT2D eigenvalue weighted by Crippen LogP contribution is 2.36. The van der Waals surface area contributed by atoms with Crippen molar-refractivity contribution >= 4 is 39.1 Å². The predicted molar refractivity (Wildman–Crippen MR) is 90.5 cm³/mol. The van der Waals surface area contributed by atoms with E-state index in [4.69, 9.17) is 27.9 Å². The van der Waals surface area contributed by atoms with E-state index in [9.17, 15) is 0 Å². The van der Waals surface area contributed by atoms with Gasteiger partial charge < -0.3 is 10.1 Å². The first kappa shape index (κ1) is 15.2. The molecule has 1 aliphatic rings. The quantitative estimate of drug-likeness (QED) is 0.700. The van der Waals surface area contributed by atoms with E-state index in [0.29, 0.717) is 28.4 Å². The molecule has 110 valence electrons. The van der Waals surface area contributed by atoms with Gasteiger partial charge in [-0.05, 0) is 43.2 Å². The van der Waals surface area contributed by atoms with Crippen LogP contribution in [0.4, 0.5) is 0 Å². The van der Waals surface area contributed by atoms with Gasteiger partial charge in [0.15, 0.2) is 0 Å². The Morgan fingerprint density at radius 1 is 1.10 bits per heavy atom. The molecular formula is C16H14BrCl2NO. The molecule has 1 saturated carbocycles. The number of halogens is 3. The molecule has 0 aliphatic heterocycles. The zero-order valence-electron chi connectivity index (χ0n) is 11.2. The molecule has 1 aliphatic carbocycles. The monoisotopic (exact) mass is 385 g/mol. The fourth-order valence-corrected chi connectivity index (χ4v) is 2.74. The van der Waals surface area contributed by atoms with Gasteiger partial charge >= 0.3 is 0 Å². The van der Waals surface area contributed by atoms with Gasteiger partial charge in [-0.2, -0.15) is 0 Å². The maximum absolute atomic E-state index is 6.31. The Hall–Kier alpha value is -0.740. The molecule has 3 rings (SSSR count). The molecule has 0 radical (unpaired) electrons. The van der Waals surface area contributed by atoms with E-state index in [-0.39, 0.29) is 0 Å². The van der Waals surface area contributed by atoms with Gasteiger partial charge in [0.05, 0.1) is 5.02 Å². The average molecular weight is 387 g/mol. The van der Waals surface area contributed by atoms with Crippen LogP contribution in [0.1, 0.15) is 18.4 Å². The van der Waals surface area contributed by atoms with Gasteiger partial charge in [-0.15, -0.1) is 0 Å². The van der Waals surface area contributed by atoms with Gasteiger partial charge in [0, 0.05) is 27.6 Å². The van der Waals surface area contributed by atoms with Gasteiger partial charge in [0.1, 0.15) is 11.5 Å². The fourth-order valence-electron chi connectivity index (χ4n) is 2.01. The lowest BCUT2D eigenvalue weighted by atomic mass is 10.2. The molecule has 0 amide bonds. The number of rotatable bonds is 5. The molecule has 1 N–H and O–H groups in total. The Labute approximate surface area is 142 Å². The third-order valence-electron chi connectivity index (χ3n) is 3.33. The zero-order valence-corrected chi connectivity index (χ0v) is 14.3. The highest BCUT2D eigenvalue weighted by Gasteiger charge is 2.21. The van der Waals surface area contributed by atoms with Gasteiger partial charge in [-0.3, -0.25) is 0 Å². The van der Waals surface area contributed by atoms with E-state index >= 15 is 0 Å². The predicted octanol–water partition coefficient (Wildman–Crippen LogP) is 5.80. The number of hydrogen-bond acceptors (Lipinski definition) is 2. The summed E-state index contributed by atoms with van der Waals surface area (Å²) in [7, 11) is 0. The number of benzene rings is 2. The molecule has 0 atom stereocenters. The van der Waals surface area contributed by atoms with Crippen LogP contribution in [-0.4, -0.2) is 6.04 Å². The number of ether oxygens (including phenoxy) is 1.